The molecule has 1 aliphatic heterocycles. The number of likely N-dealkylation sites (tertiary alicyclic amines) is 1. The van der Waals surface area contributed by atoms with Crippen LogP contribution in [-0.2, 0) is 10.0 Å². The van der Waals surface area contributed by atoms with Crippen LogP contribution in [0.15, 0.2) is 53.4 Å². The Labute approximate surface area is 172 Å². The minimum absolute atomic E-state index is 0. The molecule has 1 amide bonds. The van der Waals surface area contributed by atoms with Gasteiger partial charge in [-0.05, 0) is 57.1 Å². The summed E-state index contributed by atoms with van der Waals surface area (Å²) in [5.41, 5.74) is 1.93. The molecule has 152 valence electrons. The highest BCUT2D eigenvalue weighted by Gasteiger charge is 2.24. The van der Waals surface area contributed by atoms with Gasteiger partial charge in [0.25, 0.3) is 15.9 Å². The number of nitrogens with one attached hydrogen (secondary N) is 2. The molecule has 0 atom stereocenters. The number of rotatable bonds is 5. The molecule has 2 aromatic carbocycles. The standard InChI is InChI=1S/C20H25N3O3S.ClH/c1-15-6-8-18(9-7-15)22-27(25,26)19-5-3-4-16(14-19)20(24)23-12-10-17(21-2)11-13-23;/h3-9,14,17,21-22H,10-13H2,1-2H3;1H. The van der Waals surface area contributed by atoms with E-state index in [-0.39, 0.29) is 23.2 Å². The normalized spacial score (nSPS) is 15.0. The molecule has 0 aromatic heterocycles. The summed E-state index contributed by atoms with van der Waals surface area (Å²) in [5.74, 6) is -0.128. The molecular formula is C20H26ClN3O3S. The van der Waals surface area contributed by atoms with Crippen molar-refractivity contribution in [3.8, 4) is 0 Å². The molecule has 1 saturated heterocycles. The first kappa shape index (κ1) is 22.2. The lowest BCUT2D eigenvalue weighted by molar-refractivity contribution is 0.0707. The number of anilines is 1. The van der Waals surface area contributed by atoms with Gasteiger partial charge in [-0.1, -0.05) is 23.8 Å². The van der Waals surface area contributed by atoms with Crippen molar-refractivity contribution in [3.63, 3.8) is 0 Å². The van der Waals surface area contributed by atoms with E-state index in [9.17, 15) is 13.2 Å². The summed E-state index contributed by atoms with van der Waals surface area (Å²) >= 11 is 0. The number of nitrogens with zero attached hydrogens (tertiary/aromatic N) is 1. The predicted molar refractivity (Wildman–Crippen MR) is 114 cm³/mol. The van der Waals surface area contributed by atoms with Gasteiger partial charge in [0, 0.05) is 30.4 Å². The Morgan fingerprint density at radius 1 is 1.07 bits per heavy atom. The summed E-state index contributed by atoms with van der Waals surface area (Å²) in [7, 11) is -1.83. The Kier molecular flexibility index (Phi) is 7.46. The third kappa shape index (κ3) is 5.25. The zero-order valence-corrected chi connectivity index (χ0v) is 17.6. The molecular weight excluding hydrogens is 398 g/mol. The Morgan fingerprint density at radius 3 is 2.32 bits per heavy atom. The molecule has 1 heterocycles. The van der Waals surface area contributed by atoms with Gasteiger partial charge in [0.2, 0.25) is 0 Å². The van der Waals surface area contributed by atoms with Gasteiger partial charge in [-0.2, -0.15) is 0 Å². The van der Waals surface area contributed by atoms with E-state index in [1.165, 1.54) is 12.1 Å². The van der Waals surface area contributed by atoms with Crippen molar-refractivity contribution < 1.29 is 13.2 Å². The quantitative estimate of drug-likeness (QED) is 0.774. The molecule has 0 saturated carbocycles. The van der Waals surface area contributed by atoms with Crippen molar-refractivity contribution in [2.75, 3.05) is 24.9 Å². The smallest absolute Gasteiger partial charge is 0.261 e. The van der Waals surface area contributed by atoms with E-state index >= 15 is 0 Å². The van der Waals surface area contributed by atoms with Crippen molar-refractivity contribution in [1.82, 2.24) is 10.2 Å². The Bertz CT molecular complexity index is 909. The molecule has 0 bridgehead atoms. The molecule has 6 nitrogen and oxygen atoms in total. The van der Waals surface area contributed by atoms with Gasteiger partial charge in [-0.3, -0.25) is 9.52 Å². The van der Waals surface area contributed by atoms with E-state index in [1.54, 1.807) is 29.2 Å². The number of hydrogen-bond acceptors (Lipinski definition) is 4. The van der Waals surface area contributed by atoms with Crippen LogP contribution in [0.2, 0.25) is 0 Å². The summed E-state index contributed by atoms with van der Waals surface area (Å²) in [6, 6.07) is 13.8. The number of hydrogen-bond donors (Lipinski definition) is 2. The van der Waals surface area contributed by atoms with E-state index in [0.717, 1.165) is 18.4 Å². The number of aryl methyl sites for hydroxylation is 1. The summed E-state index contributed by atoms with van der Waals surface area (Å²) in [4.78, 5) is 14.6. The highest BCUT2D eigenvalue weighted by atomic mass is 35.5. The highest BCUT2D eigenvalue weighted by Crippen LogP contribution is 2.20. The minimum atomic E-state index is -3.76. The maximum Gasteiger partial charge on any atom is 0.261 e. The molecule has 3 rings (SSSR count). The van der Waals surface area contributed by atoms with Crippen molar-refractivity contribution >= 4 is 34.0 Å². The van der Waals surface area contributed by atoms with Crippen LogP contribution < -0.4 is 10.0 Å². The fourth-order valence-electron chi connectivity index (χ4n) is 3.19. The van der Waals surface area contributed by atoms with Crippen molar-refractivity contribution in [2.45, 2.75) is 30.7 Å². The van der Waals surface area contributed by atoms with E-state index in [2.05, 4.69) is 10.0 Å². The number of carbonyl (C=O) groups excluding carboxylic acids is 1. The average Bonchev–Trinajstić information content (AvgIpc) is 2.69. The summed E-state index contributed by atoms with van der Waals surface area (Å²) < 4.78 is 27.9. The van der Waals surface area contributed by atoms with Gasteiger partial charge in [-0.25, -0.2) is 8.42 Å². The topological polar surface area (TPSA) is 78.5 Å². The predicted octanol–water partition coefficient (Wildman–Crippen LogP) is 3.04. The minimum Gasteiger partial charge on any atom is -0.339 e. The van der Waals surface area contributed by atoms with E-state index < -0.39 is 10.0 Å². The lowest BCUT2D eigenvalue weighted by Crippen LogP contribution is -2.44. The maximum absolute atomic E-state index is 12.8. The second-order valence-electron chi connectivity index (χ2n) is 6.85. The zero-order valence-electron chi connectivity index (χ0n) is 16.0. The lowest BCUT2D eigenvalue weighted by Gasteiger charge is -2.31. The zero-order chi connectivity index (χ0) is 19.4. The highest BCUT2D eigenvalue weighted by molar-refractivity contribution is 7.92. The molecule has 2 aromatic rings. The van der Waals surface area contributed by atoms with Gasteiger partial charge in [-0.15, -0.1) is 12.4 Å². The number of carbonyl (C=O) groups is 1. The second-order valence-corrected chi connectivity index (χ2v) is 8.54. The van der Waals surface area contributed by atoms with Gasteiger partial charge in [0.05, 0.1) is 4.90 Å². The van der Waals surface area contributed by atoms with Gasteiger partial charge >= 0.3 is 0 Å². The monoisotopic (exact) mass is 423 g/mol. The van der Waals surface area contributed by atoms with Crippen LogP contribution in [0.5, 0.6) is 0 Å². The fourth-order valence-corrected chi connectivity index (χ4v) is 4.29. The van der Waals surface area contributed by atoms with Crippen LogP contribution in [0, 0.1) is 6.92 Å². The Balaban J connectivity index is 0.00000280. The maximum atomic E-state index is 12.8. The SMILES string of the molecule is CNC1CCN(C(=O)c2cccc(S(=O)(=O)Nc3ccc(C)cc3)c2)CC1.Cl. The molecule has 2 N–H and O–H groups in total. The molecule has 0 aliphatic carbocycles. The van der Waals surface area contributed by atoms with E-state index in [1.807, 2.05) is 26.1 Å². The largest absolute Gasteiger partial charge is 0.339 e. The van der Waals surface area contributed by atoms with Crippen molar-refractivity contribution in [1.29, 1.82) is 0 Å². The number of piperidine rings is 1. The molecule has 1 aliphatic rings. The summed E-state index contributed by atoms with van der Waals surface area (Å²) in [6.45, 7) is 3.28. The Hall–Kier alpha value is -2.09. The van der Waals surface area contributed by atoms with E-state index in [4.69, 9.17) is 0 Å². The first-order valence-corrected chi connectivity index (χ1v) is 10.5. The van der Waals surface area contributed by atoms with Crippen LogP contribution >= 0.6 is 12.4 Å². The lowest BCUT2D eigenvalue weighted by atomic mass is 10.0. The first-order valence-electron chi connectivity index (χ1n) is 9.05. The summed E-state index contributed by atoms with van der Waals surface area (Å²) in [6.07, 6.45) is 1.80. The number of benzene rings is 2. The molecule has 0 spiro atoms. The van der Waals surface area contributed by atoms with Gasteiger partial charge < -0.3 is 10.2 Å². The van der Waals surface area contributed by atoms with Crippen LogP contribution in [0.3, 0.4) is 0 Å². The third-order valence-corrected chi connectivity index (χ3v) is 6.26. The number of sulfonamides is 1. The molecule has 0 radical (unpaired) electrons. The third-order valence-electron chi connectivity index (χ3n) is 4.89. The second kappa shape index (κ2) is 9.41. The number of amides is 1. The summed E-state index contributed by atoms with van der Waals surface area (Å²) in [5, 5.41) is 3.23. The average molecular weight is 424 g/mol. The molecule has 8 heteroatoms. The van der Waals surface area contributed by atoms with Crippen LogP contribution in [0.1, 0.15) is 28.8 Å². The number of halogens is 1. The van der Waals surface area contributed by atoms with E-state index in [0.29, 0.717) is 30.4 Å². The van der Waals surface area contributed by atoms with Crippen molar-refractivity contribution in [2.24, 2.45) is 0 Å². The van der Waals surface area contributed by atoms with Crippen LogP contribution in [-0.4, -0.2) is 45.4 Å². The molecule has 28 heavy (non-hydrogen) atoms. The van der Waals surface area contributed by atoms with Gasteiger partial charge in [0.15, 0.2) is 0 Å². The Morgan fingerprint density at radius 2 is 1.71 bits per heavy atom. The van der Waals surface area contributed by atoms with Crippen LogP contribution in [0.4, 0.5) is 5.69 Å². The van der Waals surface area contributed by atoms with Crippen LogP contribution in [0.25, 0.3) is 0 Å². The molecule has 0 unspecified atom stereocenters. The fraction of sp³-hybridized carbons (Fsp3) is 0.350. The van der Waals surface area contributed by atoms with Crippen molar-refractivity contribution in [3.05, 3.63) is 59.7 Å². The first-order chi connectivity index (χ1) is 12.9. The van der Waals surface area contributed by atoms with Gasteiger partial charge in [0.1, 0.15) is 0 Å². The molecule has 1 fully saturated rings.